The number of hydrogen-bond donors (Lipinski definition) is 1. The Morgan fingerprint density at radius 2 is 2.14 bits per heavy atom. The molecular weight excluding hydrogens is 356 g/mol. The van der Waals surface area contributed by atoms with Crippen molar-refractivity contribution in [2.75, 3.05) is 30.8 Å². The van der Waals surface area contributed by atoms with E-state index in [1.807, 2.05) is 42.3 Å². The minimum absolute atomic E-state index is 0.230. The van der Waals surface area contributed by atoms with Crippen LogP contribution in [-0.4, -0.2) is 49.6 Å². The van der Waals surface area contributed by atoms with Crippen LogP contribution in [0.3, 0.4) is 0 Å². The molecule has 1 saturated heterocycles. The number of ether oxygens (including phenoxy) is 1. The van der Waals surface area contributed by atoms with Gasteiger partial charge in [-0.15, -0.1) is 5.10 Å². The van der Waals surface area contributed by atoms with Crippen molar-refractivity contribution in [3.8, 4) is 5.75 Å². The lowest BCUT2D eigenvalue weighted by Gasteiger charge is -2.32. The first-order valence-electron chi connectivity index (χ1n) is 9.36. The highest BCUT2D eigenvalue weighted by molar-refractivity contribution is 5.95. The molecule has 9 heteroatoms. The lowest BCUT2D eigenvalue weighted by atomic mass is 9.97. The first-order chi connectivity index (χ1) is 13.6. The minimum Gasteiger partial charge on any atom is -0.494 e. The van der Waals surface area contributed by atoms with Gasteiger partial charge in [0.15, 0.2) is 11.5 Å². The fourth-order valence-corrected chi connectivity index (χ4v) is 3.97. The third kappa shape index (κ3) is 2.62. The quantitative estimate of drug-likeness (QED) is 0.582. The maximum atomic E-state index is 6.18. The van der Waals surface area contributed by atoms with E-state index in [1.165, 1.54) is 0 Å². The third-order valence-electron chi connectivity index (χ3n) is 5.37. The third-order valence-corrected chi connectivity index (χ3v) is 5.37. The van der Waals surface area contributed by atoms with Crippen molar-refractivity contribution in [2.24, 2.45) is 7.05 Å². The first-order valence-corrected chi connectivity index (χ1v) is 9.36. The van der Waals surface area contributed by atoms with E-state index in [1.54, 1.807) is 11.6 Å². The average Bonchev–Trinajstić information content (AvgIpc) is 3.35. The molecule has 0 aliphatic carbocycles. The zero-order chi connectivity index (χ0) is 19.3. The molecule has 2 N–H and O–H groups in total. The Kier molecular flexibility index (Phi) is 3.81. The van der Waals surface area contributed by atoms with Crippen LogP contribution in [0, 0.1) is 0 Å². The van der Waals surface area contributed by atoms with Crippen LogP contribution in [0.1, 0.15) is 24.6 Å². The Morgan fingerprint density at radius 3 is 2.93 bits per heavy atom. The SMILES string of the molecule is COc1cccc2c1nc(N)n1nc(C3CCCN(c4cnn(C)c4)C3)nc21. The summed E-state index contributed by atoms with van der Waals surface area (Å²) in [4.78, 5) is 11.7. The molecule has 1 fully saturated rings. The van der Waals surface area contributed by atoms with Gasteiger partial charge in [-0.1, -0.05) is 6.07 Å². The van der Waals surface area contributed by atoms with Crippen LogP contribution in [0.2, 0.25) is 0 Å². The maximum absolute atomic E-state index is 6.18. The summed E-state index contributed by atoms with van der Waals surface area (Å²) in [6.45, 7) is 1.87. The number of nitrogen functional groups attached to an aromatic ring is 1. The van der Waals surface area contributed by atoms with Crippen LogP contribution in [-0.2, 0) is 7.05 Å². The number of anilines is 2. The summed E-state index contributed by atoms with van der Waals surface area (Å²) in [5.41, 5.74) is 8.73. The van der Waals surface area contributed by atoms with E-state index in [4.69, 9.17) is 20.6 Å². The summed E-state index contributed by atoms with van der Waals surface area (Å²) in [7, 11) is 3.56. The zero-order valence-electron chi connectivity index (χ0n) is 15.9. The summed E-state index contributed by atoms with van der Waals surface area (Å²) in [6.07, 6.45) is 6.07. The van der Waals surface area contributed by atoms with Gasteiger partial charge in [-0.05, 0) is 25.0 Å². The highest BCUT2D eigenvalue weighted by Crippen LogP contribution is 2.31. The smallest absolute Gasteiger partial charge is 0.223 e. The number of rotatable bonds is 3. The lowest BCUT2D eigenvalue weighted by Crippen LogP contribution is -2.34. The fourth-order valence-electron chi connectivity index (χ4n) is 3.97. The summed E-state index contributed by atoms with van der Waals surface area (Å²) in [6, 6.07) is 5.77. The van der Waals surface area contributed by atoms with Gasteiger partial charge in [0.1, 0.15) is 11.3 Å². The topological polar surface area (TPSA) is 99.4 Å². The van der Waals surface area contributed by atoms with Gasteiger partial charge in [0, 0.05) is 37.6 Å². The number of aryl methyl sites for hydroxylation is 1. The second-order valence-electron chi connectivity index (χ2n) is 7.19. The molecule has 144 valence electrons. The number of nitrogens with zero attached hydrogens (tertiary/aromatic N) is 7. The molecule has 1 atom stereocenters. The Bertz CT molecular complexity index is 1160. The molecule has 1 unspecified atom stereocenters. The minimum atomic E-state index is 0.230. The summed E-state index contributed by atoms with van der Waals surface area (Å²) in [5.74, 6) is 2.02. The van der Waals surface area contributed by atoms with E-state index in [2.05, 4.69) is 15.0 Å². The van der Waals surface area contributed by atoms with Crippen molar-refractivity contribution in [2.45, 2.75) is 18.8 Å². The van der Waals surface area contributed by atoms with Gasteiger partial charge in [0.05, 0.1) is 19.0 Å². The van der Waals surface area contributed by atoms with E-state index in [0.29, 0.717) is 17.2 Å². The summed E-state index contributed by atoms with van der Waals surface area (Å²) < 4.78 is 8.90. The molecule has 0 amide bonds. The predicted octanol–water partition coefficient (Wildman–Crippen LogP) is 1.99. The van der Waals surface area contributed by atoms with E-state index in [9.17, 15) is 0 Å². The number of para-hydroxylation sites is 1. The molecule has 4 heterocycles. The summed E-state index contributed by atoms with van der Waals surface area (Å²) >= 11 is 0. The van der Waals surface area contributed by atoms with Crippen LogP contribution in [0.4, 0.5) is 11.6 Å². The molecule has 28 heavy (non-hydrogen) atoms. The molecule has 1 aromatic carbocycles. The van der Waals surface area contributed by atoms with E-state index in [-0.39, 0.29) is 5.92 Å². The molecule has 0 radical (unpaired) electrons. The van der Waals surface area contributed by atoms with Crippen molar-refractivity contribution >= 4 is 28.2 Å². The number of benzene rings is 1. The van der Waals surface area contributed by atoms with Crippen LogP contribution < -0.4 is 15.4 Å². The molecule has 0 saturated carbocycles. The molecule has 1 aliphatic rings. The van der Waals surface area contributed by atoms with E-state index < -0.39 is 0 Å². The van der Waals surface area contributed by atoms with Crippen molar-refractivity contribution < 1.29 is 4.74 Å². The second kappa shape index (κ2) is 6.36. The van der Waals surface area contributed by atoms with Crippen molar-refractivity contribution in [3.63, 3.8) is 0 Å². The molecule has 3 aromatic heterocycles. The number of fused-ring (bicyclic) bond motifs is 3. The Morgan fingerprint density at radius 1 is 1.25 bits per heavy atom. The summed E-state index contributed by atoms with van der Waals surface area (Å²) in [5, 5.41) is 9.88. The largest absolute Gasteiger partial charge is 0.494 e. The molecule has 4 aromatic rings. The number of methoxy groups -OCH3 is 1. The predicted molar refractivity (Wildman–Crippen MR) is 107 cm³/mol. The number of nitrogens with two attached hydrogens (primary N) is 1. The molecule has 5 rings (SSSR count). The molecule has 0 spiro atoms. The monoisotopic (exact) mass is 378 g/mol. The van der Waals surface area contributed by atoms with Gasteiger partial charge in [-0.3, -0.25) is 4.68 Å². The number of hydrogen-bond acceptors (Lipinski definition) is 7. The van der Waals surface area contributed by atoms with Crippen molar-refractivity contribution in [1.82, 2.24) is 29.4 Å². The van der Waals surface area contributed by atoms with Crippen molar-refractivity contribution in [1.29, 1.82) is 0 Å². The number of aromatic nitrogens is 6. The van der Waals surface area contributed by atoms with E-state index in [0.717, 1.165) is 48.5 Å². The van der Waals surface area contributed by atoms with Gasteiger partial charge in [-0.25, -0.2) is 9.97 Å². The van der Waals surface area contributed by atoms with Crippen LogP contribution >= 0.6 is 0 Å². The zero-order valence-corrected chi connectivity index (χ0v) is 15.9. The van der Waals surface area contributed by atoms with Gasteiger partial charge in [-0.2, -0.15) is 9.61 Å². The lowest BCUT2D eigenvalue weighted by molar-refractivity contribution is 0.419. The van der Waals surface area contributed by atoms with Crippen LogP contribution in [0.25, 0.3) is 16.6 Å². The van der Waals surface area contributed by atoms with Gasteiger partial charge in [0.25, 0.3) is 0 Å². The Hall–Kier alpha value is -3.36. The molecule has 1 aliphatic heterocycles. The van der Waals surface area contributed by atoms with Gasteiger partial charge >= 0.3 is 0 Å². The molecule has 9 nitrogen and oxygen atoms in total. The van der Waals surface area contributed by atoms with Crippen molar-refractivity contribution in [3.05, 3.63) is 36.4 Å². The Labute approximate surface area is 161 Å². The highest BCUT2D eigenvalue weighted by atomic mass is 16.5. The van der Waals surface area contributed by atoms with Gasteiger partial charge < -0.3 is 15.4 Å². The average molecular weight is 378 g/mol. The number of piperidine rings is 1. The van der Waals surface area contributed by atoms with Gasteiger partial charge in [0.2, 0.25) is 5.95 Å². The van der Waals surface area contributed by atoms with Crippen LogP contribution in [0.15, 0.2) is 30.6 Å². The fraction of sp³-hybridized carbons (Fsp3) is 0.368. The normalized spacial score (nSPS) is 17.5. The highest BCUT2D eigenvalue weighted by Gasteiger charge is 2.26. The van der Waals surface area contributed by atoms with Crippen LogP contribution in [0.5, 0.6) is 5.75 Å². The second-order valence-corrected chi connectivity index (χ2v) is 7.19. The van der Waals surface area contributed by atoms with E-state index >= 15 is 0 Å². The molecular formula is C19H22N8O. The first kappa shape index (κ1) is 16.8. The maximum Gasteiger partial charge on any atom is 0.223 e. The molecule has 0 bridgehead atoms. The standard InChI is InChI=1S/C19H22N8O/c1-25-11-13(9-21-25)26-8-4-5-12(10-26)17-23-18-14-6-3-7-15(28-2)16(14)22-19(20)27(18)24-17/h3,6-7,9,11-12H,4-5,8,10H2,1-2H3,(H2,20,22). The Balaban J connectivity index is 1.56.